The summed E-state index contributed by atoms with van der Waals surface area (Å²) in [6.07, 6.45) is 1.34. The molecule has 0 aromatic carbocycles. The molecule has 0 saturated heterocycles. The lowest BCUT2D eigenvalue weighted by molar-refractivity contribution is -0.598. The Kier molecular flexibility index (Phi) is 7.03. The van der Waals surface area contributed by atoms with Crippen LogP contribution in [0.1, 0.15) is 40.5 Å². The Balaban J connectivity index is 3.96. The molecule has 0 aromatic heterocycles. The summed E-state index contributed by atoms with van der Waals surface area (Å²) in [5.74, 6) is -1.62. The average molecular weight is 272 g/mol. The average Bonchev–Trinajstić information content (AvgIpc) is 2.33. The lowest BCUT2D eigenvalue weighted by atomic mass is 9.84. The van der Waals surface area contributed by atoms with Crippen LogP contribution in [0.5, 0.6) is 0 Å². The lowest BCUT2D eigenvalue weighted by Crippen LogP contribution is -2.17. The second-order valence-corrected chi connectivity index (χ2v) is 4.96. The van der Waals surface area contributed by atoms with Gasteiger partial charge in [0.2, 0.25) is 0 Å². The van der Waals surface area contributed by atoms with Gasteiger partial charge in [0.15, 0.2) is 0 Å². The van der Waals surface area contributed by atoms with Gasteiger partial charge in [-0.25, -0.2) is 9.59 Å². The molecular weight excluding hydrogens is 252 g/mol. The predicted molar refractivity (Wildman–Crippen MR) is 67.0 cm³/mol. The van der Waals surface area contributed by atoms with Crippen molar-refractivity contribution in [3.05, 3.63) is 24.3 Å². The van der Waals surface area contributed by atoms with Crippen molar-refractivity contribution in [3.8, 4) is 0 Å². The van der Waals surface area contributed by atoms with Gasteiger partial charge in [-0.15, -0.1) is 0 Å². The van der Waals surface area contributed by atoms with Crippen LogP contribution in [0.15, 0.2) is 24.3 Å². The van der Waals surface area contributed by atoms with Gasteiger partial charge < -0.3 is 0 Å². The van der Waals surface area contributed by atoms with Gasteiger partial charge in [-0.3, -0.25) is 9.78 Å². The fourth-order valence-electron chi connectivity index (χ4n) is 0.994. The van der Waals surface area contributed by atoms with Gasteiger partial charge in [-0.2, -0.15) is 0 Å². The third-order valence-electron chi connectivity index (χ3n) is 2.53. The molecule has 0 N–H and O–H groups in total. The summed E-state index contributed by atoms with van der Waals surface area (Å²) in [6.45, 7) is 14.3. The highest BCUT2D eigenvalue weighted by atomic mass is 17.7. The first-order valence-corrected chi connectivity index (χ1v) is 5.79. The third-order valence-corrected chi connectivity index (χ3v) is 2.53. The maximum absolute atomic E-state index is 11.4. The molecule has 0 unspecified atom stereocenters. The molecule has 0 aliphatic carbocycles. The molecule has 0 aromatic rings. The van der Waals surface area contributed by atoms with Gasteiger partial charge in [-0.05, 0) is 18.8 Å². The quantitative estimate of drug-likeness (QED) is 0.293. The Morgan fingerprint density at radius 3 is 1.95 bits per heavy atom. The van der Waals surface area contributed by atoms with Crippen molar-refractivity contribution in [2.45, 2.75) is 40.5 Å². The van der Waals surface area contributed by atoms with Crippen molar-refractivity contribution >= 4 is 11.9 Å². The SMILES string of the molecule is C=C(C)C(=O)OOOOC(=O)C(=C)CC(C)(C)CC. The number of rotatable bonds is 8. The van der Waals surface area contributed by atoms with Gasteiger partial charge in [0, 0.05) is 21.2 Å². The topological polar surface area (TPSA) is 71.1 Å². The standard InChI is InChI=1S/C13H20O6/c1-7-13(5,6)8-10(4)12(15)17-19-18-16-11(14)9(2)3/h2,4,7-8H2,1,3,5-6H3. The molecule has 6 nitrogen and oxygen atoms in total. The zero-order valence-corrected chi connectivity index (χ0v) is 11.8. The van der Waals surface area contributed by atoms with Crippen LogP contribution in [0.2, 0.25) is 0 Å². The molecule has 0 rings (SSSR count). The fourth-order valence-corrected chi connectivity index (χ4v) is 0.994. The number of carbonyl (C=O) groups is 2. The molecule has 0 bridgehead atoms. The van der Waals surface area contributed by atoms with E-state index in [2.05, 4.69) is 33.0 Å². The smallest absolute Gasteiger partial charge is 0.261 e. The second-order valence-electron chi connectivity index (χ2n) is 4.96. The summed E-state index contributed by atoms with van der Waals surface area (Å²) in [4.78, 5) is 30.6. The van der Waals surface area contributed by atoms with Crippen LogP contribution in [0.25, 0.3) is 0 Å². The number of hydrogen-bond acceptors (Lipinski definition) is 6. The highest BCUT2D eigenvalue weighted by Crippen LogP contribution is 2.28. The Morgan fingerprint density at radius 2 is 1.53 bits per heavy atom. The minimum Gasteiger partial charge on any atom is -0.261 e. The molecule has 0 amide bonds. The summed E-state index contributed by atoms with van der Waals surface area (Å²) in [5.41, 5.74) is 0.286. The summed E-state index contributed by atoms with van der Waals surface area (Å²) < 4.78 is 0. The Morgan fingerprint density at radius 1 is 1.05 bits per heavy atom. The van der Waals surface area contributed by atoms with Crippen molar-refractivity contribution < 1.29 is 29.4 Å². The number of hydrogen-bond donors (Lipinski definition) is 0. The minimum atomic E-state index is -0.831. The molecular formula is C13H20O6. The third kappa shape index (κ3) is 7.38. The van der Waals surface area contributed by atoms with E-state index in [-0.39, 0.29) is 16.6 Å². The van der Waals surface area contributed by atoms with Crippen LogP contribution in [0.3, 0.4) is 0 Å². The van der Waals surface area contributed by atoms with Crippen LogP contribution < -0.4 is 0 Å². The molecule has 0 spiro atoms. The van der Waals surface area contributed by atoms with E-state index in [9.17, 15) is 9.59 Å². The molecule has 0 heterocycles. The molecule has 0 aliphatic heterocycles. The van der Waals surface area contributed by atoms with Gasteiger partial charge in [-0.1, -0.05) is 40.3 Å². The monoisotopic (exact) mass is 272 g/mol. The molecule has 0 saturated carbocycles. The van der Waals surface area contributed by atoms with Crippen LogP contribution in [-0.2, 0) is 29.4 Å². The summed E-state index contributed by atoms with van der Waals surface area (Å²) in [5, 5.41) is 7.93. The van der Waals surface area contributed by atoms with Crippen molar-refractivity contribution in [3.63, 3.8) is 0 Å². The Labute approximate surface area is 112 Å². The van der Waals surface area contributed by atoms with Gasteiger partial charge in [0.25, 0.3) is 0 Å². The maximum atomic E-state index is 11.4. The maximum Gasteiger partial charge on any atom is 0.371 e. The highest BCUT2D eigenvalue weighted by molar-refractivity contribution is 5.87. The largest absolute Gasteiger partial charge is 0.371 e. The highest BCUT2D eigenvalue weighted by Gasteiger charge is 2.21. The van der Waals surface area contributed by atoms with Gasteiger partial charge in [0.05, 0.1) is 0 Å². The van der Waals surface area contributed by atoms with E-state index in [0.29, 0.717) is 6.42 Å². The Bertz CT molecular complexity index is 369. The first-order chi connectivity index (χ1) is 8.69. The van der Waals surface area contributed by atoms with Crippen LogP contribution in [-0.4, -0.2) is 11.9 Å². The summed E-state index contributed by atoms with van der Waals surface area (Å²) in [7, 11) is 0. The van der Waals surface area contributed by atoms with Crippen molar-refractivity contribution in [2.75, 3.05) is 0 Å². The van der Waals surface area contributed by atoms with Crippen molar-refractivity contribution in [1.29, 1.82) is 0 Å². The summed E-state index contributed by atoms with van der Waals surface area (Å²) >= 11 is 0. The van der Waals surface area contributed by atoms with Crippen LogP contribution in [0.4, 0.5) is 0 Å². The predicted octanol–water partition coefficient (Wildman–Crippen LogP) is 2.81. The summed E-state index contributed by atoms with van der Waals surface area (Å²) in [6, 6.07) is 0. The molecule has 0 fully saturated rings. The van der Waals surface area contributed by atoms with Crippen molar-refractivity contribution in [1.82, 2.24) is 0 Å². The first-order valence-electron chi connectivity index (χ1n) is 5.79. The fraction of sp³-hybridized carbons (Fsp3) is 0.538. The van der Waals surface area contributed by atoms with Crippen molar-refractivity contribution in [2.24, 2.45) is 5.41 Å². The van der Waals surface area contributed by atoms with E-state index in [1.165, 1.54) is 6.92 Å². The van der Waals surface area contributed by atoms with Crippen LogP contribution >= 0.6 is 0 Å². The van der Waals surface area contributed by atoms with E-state index in [1.54, 1.807) is 0 Å². The molecule has 6 heteroatoms. The van der Waals surface area contributed by atoms with E-state index >= 15 is 0 Å². The van der Waals surface area contributed by atoms with E-state index < -0.39 is 11.9 Å². The lowest BCUT2D eigenvalue weighted by Gasteiger charge is -2.22. The van der Waals surface area contributed by atoms with E-state index in [1.807, 2.05) is 20.8 Å². The van der Waals surface area contributed by atoms with E-state index in [0.717, 1.165) is 6.42 Å². The zero-order chi connectivity index (χ0) is 15.1. The molecule has 0 atom stereocenters. The number of carbonyl (C=O) groups excluding carboxylic acids is 2. The molecule has 0 aliphatic rings. The zero-order valence-electron chi connectivity index (χ0n) is 11.8. The molecule has 19 heavy (non-hydrogen) atoms. The normalized spacial score (nSPS) is 10.7. The molecule has 108 valence electrons. The van der Waals surface area contributed by atoms with Gasteiger partial charge in [0.1, 0.15) is 0 Å². The first kappa shape index (κ1) is 17.3. The second kappa shape index (κ2) is 7.70. The Hall–Kier alpha value is -1.66. The molecule has 0 radical (unpaired) electrons. The van der Waals surface area contributed by atoms with Crippen LogP contribution in [0, 0.1) is 5.41 Å². The van der Waals surface area contributed by atoms with Gasteiger partial charge >= 0.3 is 11.9 Å². The van der Waals surface area contributed by atoms with E-state index in [4.69, 9.17) is 0 Å². The minimum absolute atomic E-state index is 0.0661.